The highest BCUT2D eigenvalue weighted by Crippen LogP contribution is 2.34. The van der Waals surface area contributed by atoms with E-state index in [1.54, 1.807) is 5.01 Å². The summed E-state index contributed by atoms with van der Waals surface area (Å²) >= 11 is 0. The maximum Gasteiger partial charge on any atom is 0.355 e. The summed E-state index contributed by atoms with van der Waals surface area (Å²) in [5, 5.41) is 16.9. The van der Waals surface area contributed by atoms with Gasteiger partial charge in [-0.1, -0.05) is 62.4 Å². The molecule has 33 heavy (non-hydrogen) atoms. The maximum atomic E-state index is 12.1. The molecule has 3 aromatic carbocycles. The smallest absolute Gasteiger partial charge is 0.334 e. The zero-order valence-corrected chi connectivity index (χ0v) is 18.3. The van der Waals surface area contributed by atoms with Crippen LogP contribution < -0.4 is 15.8 Å². The third kappa shape index (κ3) is 5.07. The third-order valence-corrected chi connectivity index (χ3v) is 5.09. The van der Waals surface area contributed by atoms with Gasteiger partial charge in [0.05, 0.1) is 16.3 Å². The van der Waals surface area contributed by atoms with E-state index in [0.29, 0.717) is 11.6 Å². The second-order valence-electron chi connectivity index (χ2n) is 7.70. The Morgan fingerprint density at radius 1 is 0.818 bits per heavy atom. The Kier molecular flexibility index (Phi) is 6.45. The zero-order valence-electron chi connectivity index (χ0n) is 18.3. The van der Waals surface area contributed by atoms with Gasteiger partial charge in [0, 0.05) is 5.69 Å². The first-order chi connectivity index (χ1) is 16.0. The Bertz CT molecular complexity index is 1180. The van der Waals surface area contributed by atoms with Gasteiger partial charge in [-0.15, -0.1) is 0 Å². The molecule has 0 fully saturated rings. The Labute approximate surface area is 192 Å². The molecular weight excluding hydrogens is 416 g/mol. The van der Waals surface area contributed by atoms with Crippen molar-refractivity contribution in [2.75, 3.05) is 15.8 Å². The summed E-state index contributed by atoms with van der Waals surface area (Å²) in [5.74, 6) is 0.574. The molecule has 0 aliphatic carbocycles. The maximum absolute atomic E-state index is 12.1. The molecule has 4 rings (SSSR count). The van der Waals surface area contributed by atoms with Crippen LogP contribution in [0.1, 0.15) is 25.3 Å². The van der Waals surface area contributed by atoms with Crippen molar-refractivity contribution in [2.45, 2.75) is 19.8 Å². The molecule has 1 aromatic heterocycles. The number of hydrazine groups is 1. The molecule has 0 atom stereocenters. The number of nitro groups is 1. The molecule has 4 aromatic rings. The van der Waals surface area contributed by atoms with Gasteiger partial charge in [0.15, 0.2) is 0 Å². The molecule has 0 spiro atoms. The summed E-state index contributed by atoms with van der Waals surface area (Å²) in [4.78, 5) is 19.9. The number of hydrogen-bond donors (Lipinski definition) is 2. The normalized spacial score (nSPS) is 10.6. The Hall–Kier alpha value is -4.46. The summed E-state index contributed by atoms with van der Waals surface area (Å²) in [6.07, 6.45) is 1.30. The lowest BCUT2D eigenvalue weighted by Gasteiger charge is -2.26. The standard InChI is InChI=1S/C25H24N6O2/c1-18(2)19-13-15-20(16-14-19)28-24-23(31(32)33)25(27-17-26-24)29-30(21-9-5-3-6-10-21)22-11-7-4-8-12-22/h3-18H,1-2H3,(H2,26,27,28,29). The van der Waals surface area contributed by atoms with Crippen LogP contribution >= 0.6 is 0 Å². The lowest BCUT2D eigenvalue weighted by molar-refractivity contribution is -0.383. The fourth-order valence-corrected chi connectivity index (χ4v) is 3.35. The lowest BCUT2D eigenvalue weighted by Crippen LogP contribution is -2.26. The first kappa shape index (κ1) is 21.8. The molecule has 8 nitrogen and oxygen atoms in total. The van der Waals surface area contributed by atoms with E-state index in [1.165, 1.54) is 11.9 Å². The molecule has 8 heteroatoms. The van der Waals surface area contributed by atoms with E-state index in [4.69, 9.17) is 0 Å². The van der Waals surface area contributed by atoms with Crippen LogP contribution in [0.5, 0.6) is 0 Å². The van der Waals surface area contributed by atoms with E-state index in [1.807, 2.05) is 84.9 Å². The summed E-state index contributed by atoms with van der Waals surface area (Å²) in [6, 6.07) is 26.8. The van der Waals surface area contributed by atoms with E-state index in [-0.39, 0.29) is 17.3 Å². The number of nitrogens with zero attached hydrogens (tertiary/aromatic N) is 4. The van der Waals surface area contributed by atoms with Gasteiger partial charge in [-0.25, -0.2) is 9.97 Å². The Morgan fingerprint density at radius 3 is 1.88 bits per heavy atom. The summed E-state index contributed by atoms with van der Waals surface area (Å²) in [5.41, 5.74) is 6.35. The summed E-state index contributed by atoms with van der Waals surface area (Å²) < 4.78 is 0. The number of aromatic nitrogens is 2. The van der Waals surface area contributed by atoms with Crippen LogP contribution in [0.4, 0.5) is 34.4 Å². The van der Waals surface area contributed by atoms with Crippen LogP contribution in [-0.2, 0) is 0 Å². The van der Waals surface area contributed by atoms with E-state index in [9.17, 15) is 10.1 Å². The number of benzene rings is 3. The van der Waals surface area contributed by atoms with Crippen molar-refractivity contribution in [3.05, 3.63) is 107 Å². The van der Waals surface area contributed by atoms with E-state index >= 15 is 0 Å². The molecule has 0 aliphatic heterocycles. The molecule has 0 aliphatic rings. The Balaban J connectivity index is 1.70. The third-order valence-electron chi connectivity index (χ3n) is 5.09. The van der Waals surface area contributed by atoms with Gasteiger partial charge in [0.1, 0.15) is 6.33 Å². The van der Waals surface area contributed by atoms with Crippen molar-refractivity contribution in [1.29, 1.82) is 0 Å². The average molecular weight is 441 g/mol. The predicted molar refractivity (Wildman–Crippen MR) is 131 cm³/mol. The quantitative estimate of drug-likeness (QED) is 0.241. The highest BCUT2D eigenvalue weighted by molar-refractivity contribution is 5.77. The van der Waals surface area contributed by atoms with E-state index in [0.717, 1.165) is 11.4 Å². The minimum atomic E-state index is -0.485. The second-order valence-corrected chi connectivity index (χ2v) is 7.70. The number of anilines is 5. The van der Waals surface area contributed by atoms with E-state index < -0.39 is 4.92 Å². The molecule has 0 bridgehead atoms. The Morgan fingerprint density at radius 2 is 1.36 bits per heavy atom. The highest BCUT2D eigenvalue weighted by Gasteiger charge is 2.25. The van der Waals surface area contributed by atoms with Gasteiger partial charge in [-0.2, -0.15) is 0 Å². The molecule has 0 unspecified atom stereocenters. The number of hydrogen-bond acceptors (Lipinski definition) is 7. The fraction of sp³-hybridized carbons (Fsp3) is 0.120. The van der Waals surface area contributed by atoms with Crippen molar-refractivity contribution >= 4 is 34.4 Å². The van der Waals surface area contributed by atoms with Gasteiger partial charge in [0.2, 0.25) is 11.6 Å². The molecular formula is C25H24N6O2. The average Bonchev–Trinajstić information content (AvgIpc) is 2.84. The van der Waals surface area contributed by atoms with Gasteiger partial charge < -0.3 is 5.32 Å². The van der Waals surface area contributed by atoms with Crippen LogP contribution in [0.15, 0.2) is 91.3 Å². The van der Waals surface area contributed by atoms with Crippen LogP contribution in [-0.4, -0.2) is 14.9 Å². The largest absolute Gasteiger partial charge is 0.355 e. The monoisotopic (exact) mass is 440 g/mol. The highest BCUT2D eigenvalue weighted by atomic mass is 16.6. The minimum absolute atomic E-state index is 0.0732. The minimum Gasteiger partial charge on any atom is -0.334 e. The molecule has 1 heterocycles. The van der Waals surface area contributed by atoms with Crippen molar-refractivity contribution in [2.24, 2.45) is 0 Å². The first-order valence-electron chi connectivity index (χ1n) is 10.6. The van der Waals surface area contributed by atoms with Crippen LogP contribution in [0, 0.1) is 10.1 Å². The molecule has 0 saturated heterocycles. The predicted octanol–water partition coefficient (Wildman–Crippen LogP) is 6.42. The van der Waals surface area contributed by atoms with Crippen LogP contribution in [0.2, 0.25) is 0 Å². The molecule has 0 radical (unpaired) electrons. The summed E-state index contributed by atoms with van der Waals surface area (Å²) in [6.45, 7) is 4.22. The first-order valence-corrected chi connectivity index (χ1v) is 10.6. The molecule has 0 amide bonds. The number of para-hydroxylation sites is 2. The van der Waals surface area contributed by atoms with Crippen molar-refractivity contribution in [3.63, 3.8) is 0 Å². The molecule has 2 N–H and O–H groups in total. The van der Waals surface area contributed by atoms with Gasteiger partial charge in [0.25, 0.3) is 0 Å². The van der Waals surface area contributed by atoms with Crippen LogP contribution in [0.25, 0.3) is 0 Å². The van der Waals surface area contributed by atoms with Crippen molar-refractivity contribution in [3.8, 4) is 0 Å². The number of rotatable bonds is 8. The SMILES string of the molecule is CC(C)c1ccc(Nc2ncnc(NN(c3ccccc3)c3ccccc3)c2[N+](=O)[O-])cc1. The molecule has 166 valence electrons. The van der Waals surface area contributed by atoms with Gasteiger partial charge in [-0.3, -0.25) is 20.5 Å². The van der Waals surface area contributed by atoms with Crippen molar-refractivity contribution in [1.82, 2.24) is 9.97 Å². The molecule has 0 saturated carbocycles. The lowest BCUT2D eigenvalue weighted by atomic mass is 10.0. The summed E-state index contributed by atoms with van der Waals surface area (Å²) in [7, 11) is 0. The number of nitrogens with one attached hydrogen (secondary N) is 2. The van der Waals surface area contributed by atoms with E-state index in [2.05, 4.69) is 34.6 Å². The van der Waals surface area contributed by atoms with Crippen molar-refractivity contribution < 1.29 is 4.92 Å². The second kappa shape index (κ2) is 9.78. The van der Waals surface area contributed by atoms with Gasteiger partial charge in [-0.05, 0) is 47.9 Å². The fourth-order valence-electron chi connectivity index (χ4n) is 3.35. The van der Waals surface area contributed by atoms with Crippen LogP contribution in [0.3, 0.4) is 0 Å². The topological polar surface area (TPSA) is 96.2 Å². The zero-order chi connectivity index (χ0) is 23.2. The van der Waals surface area contributed by atoms with Gasteiger partial charge >= 0.3 is 5.69 Å².